The van der Waals surface area contributed by atoms with Crippen LogP contribution in [0.2, 0.25) is 0 Å². The SMILES string of the molecule is CCOC(=O)CC(C(=O)CCCCl)c1ccccc1. The summed E-state index contributed by atoms with van der Waals surface area (Å²) in [5.74, 6) is -0.272. The van der Waals surface area contributed by atoms with E-state index >= 15 is 0 Å². The number of benzene rings is 1. The lowest BCUT2D eigenvalue weighted by Crippen LogP contribution is -2.18. The average molecular weight is 283 g/mol. The van der Waals surface area contributed by atoms with Crippen molar-refractivity contribution in [2.45, 2.75) is 32.1 Å². The highest BCUT2D eigenvalue weighted by Gasteiger charge is 2.23. The van der Waals surface area contributed by atoms with Crippen LogP contribution in [0, 0.1) is 0 Å². The lowest BCUT2D eigenvalue weighted by molar-refractivity contribution is -0.145. The van der Waals surface area contributed by atoms with Gasteiger partial charge in [0, 0.05) is 12.3 Å². The molecule has 0 aliphatic carbocycles. The number of hydrogen-bond donors (Lipinski definition) is 0. The third-order valence-electron chi connectivity index (χ3n) is 2.82. The molecule has 0 fully saturated rings. The predicted molar refractivity (Wildman–Crippen MR) is 75.4 cm³/mol. The van der Waals surface area contributed by atoms with Crippen LogP contribution < -0.4 is 0 Å². The van der Waals surface area contributed by atoms with E-state index in [-0.39, 0.29) is 18.2 Å². The Morgan fingerprint density at radius 1 is 1.26 bits per heavy atom. The second kappa shape index (κ2) is 8.70. The van der Waals surface area contributed by atoms with E-state index in [1.165, 1.54) is 0 Å². The number of alkyl halides is 1. The van der Waals surface area contributed by atoms with Crippen LogP contribution in [0.15, 0.2) is 30.3 Å². The molecule has 1 aromatic carbocycles. The standard InChI is InChI=1S/C15H19ClO3/c1-2-19-15(18)11-13(14(17)9-6-10-16)12-7-4-3-5-8-12/h3-5,7-8,13H,2,6,9-11H2,1H3. The summed E-state index contributed by atoms with van der Waals surface area (Å²) in [6.07, 6.45) is 1.12. The minimum atomic E-state index is -0.427. The Kier molecular flexibility index (Phi) is 7.19. The zero-order valence-electron chi connectivity index (χ0n) is 11.1. The van der Waals surface area contributed by atoms with Crippen LogP contribution in [0.3, 0.4) is 0 Å². The van der Waals surface area contributed by atoms with Crippen molar-refractivity contribution >= 4 is 23.4 Å². The van der Waals surface area contributed by atoms with Crippen molar-refractivity contribution in [3.63, 3.8) is 0 Å². The summed E-state index contributed by atoms with van der Waals surface area (Å²) in [7, 11) is 0. The Hall–Kier alpha value is -1.35. The number of ketones is 1. The number of carbonyl (C=O) groups is 2. The van der Waals surface area contributed by atoms with Crippen LogP contribution >= 0.6 is 11.6 Å². The van der Waals surface area contributed by atoms with Gasteiger partial charge in [0.1, 0.15) is 5.78 Å². The Labute approximate surface area is 118 Å². The fourth-order valence-corrected chi connectivity index (χ4v) is 2.04. The Bertz CT molecular complexity index is 403. The van der Waals surface area contributed by atoms with E-state index in [2.05, 4.69) is 0 Å². The van der Waals surface area contributed by atoms with Gasteiger partial charge >= 0.3 is 5.97 Å². The predicted octanol–water partition coefficient (Wildman–Crippen LogP) is 3.31. The molecule has 1 atom stereocenters. The van der Waals surface area contributed by atoms with Gasteiger partial charge < -0.3 is 4.74 Å². The highest BCUT2D eigenvalue weighted by Crippen LogP contribution is 2.23. The molecule has 1 unspecified atom stereocenters. The first-order valence-corrected chi connectivity index (χ1v) is 7.01. The summed E-state index contributed by atoms with van der Waals surface area (Å²) >= 11 is 5.61. The van der Waals surface area contributed by atoms with Crippen molar-refractivity contribution in [1.29, 1.82) is 0 Å². The maximum Gasteiger partial charge on any atom is 0.306 e. The van der Waals surface area contributed by atoms with E-state index in [1.807, 2.05) is 30.3 Å². The number of esters is 1. The molecular formula is C15H19ClO3. The quantitative estimate of drug-likeness (QED) is 0.543. The van der Waals surface area contributed by atoms with E-state index in [9.17, 15) is 9.59 Å². The summed E-state index contributed by atoms with van der Waals surface area (Å²) in [6, 6.07) is 9.34. The molecule has 0 aliphatic heterocycles. The molecule has 0 saturated carbocycles. The zero-order valence-corrected chi connectivity index (χ0v) is 11.9. The van der Waals surface area contributed by atoms with E-state index in [1.54, 1.807) is 6.92 Å². The third kappa shape index (κ3) is 5.43. The van der Waals surface area contributed by atoms with Crippen LogP contribution in [0.5, 0.6) is 0 Å². The topological polar surface area (TPSA) is 43.4 Å². The van der Waals surface area contributed by atoms with Gasteiger partial charge in [0.15, 0.2) is 0 Å². The fourth-order valence-electron chi connectivity index (χ4n) is 1.90. The monoisotopic (exact) mass is 282 g/mol. The molecule has 4 heteroatoms. The molecule has 0 aliphatic rings. The first kappa shape index (κ1) is 15.7. The smallest absolute Gasteiger partial charge is 0.306 e. The van der Waals surface area contributed by atoms with Crippen molar-refractivity contribution < 1.29 is 14.3 Å². The Morgan fingerprint density at radius 3 is 2.53 bits per heavy atom. The van der Waals surface area contributed by atoms with Gasteiger partial charge in [-0.15, -0.1) is 11.6 Å². The highest BCUT2D eigenvalue weighted by atomic mass is 35.5. The Balaban J connectivity index is 2.79. The van der Waals surface area contributed by atoms with Crippen LogP contribution in [-0.2, 0) is 14.3 Å². The van der Waals surface area contributed by atoms with Gasteiger partial charge in [-0.05, 0) is 18.9 Å². The molecule has 0 N–H and O–H groups in total. The molecule has 104 valence electrons. The second-order valence-corrected chi connectivity index (χ2v) is 4.61. The molecule has 3 nitrogen and oxygen atoms in total. The molecule has 0 saturated heterocycles. The van der Waals surface area contributed by atoms with Crippen LogP contribution in [-0.4, -0.2) is 24.2 Å². The van der Waals surface area contributed by atoms with Gasteiger partial charge in [-0.2, -0.15) is 0 Å². The van der Waals surface area contributed by atoms with Crippen molar-refractivity contribution in [2.24, 2.45) is 0 Å². The van der Waals surface area contributed by atoms with Crippen LogP contribution in [0.25, 0.3) is 0 Å². The van der Waals surface area contributed by atoms with Crippen molar-refractivity contribution in [3.8, 4) is 0 Å². The van der Waals surface area contributed by atoms with E-state index < -0.39 is 5.92 Å². The molecular weight excluding hydrogens is 264 g/mol. The van der Waals surface area contributed by atoms with Crippen molar-refractivity contribution in [3.05, 3.63) is 35.9 Å². The van der Waals surface area contributed by atoms with E-state index in [4.69, 9.17) is 16.3 Å². The van der Waals surface area contributed by atoms with E-state index in [0.29, 0.717) is 25.3 Å². The lowest BCUT2D eigenvalue weighted by Gasteiger charge is -2.15. The van der Waals surface area contributed by atoms with Gasteiger partial charge in [0.05, 0.1) is 18.9 Å². The van der Waals surface area contributed by atoms with Gasteiger partial charge in [-0.25, -0.2) is 0 Å². The number of ether oxygens (including phenoxy) is 1. The summed E-state index contributed by atoms with van der Waals surface area (Å²) in [5.41, 5.74) is 0.857. The normalized spacial score (nSPS) is 11.9. The number of rotatable bonds is 8. The summed E-state index contributed by atoms with van der Waals surface area (Å²) in [6.45, 7) is 2.08. The molecule has 0 spiro atoms. The van der Waals surface area contributed by atoms with Crippen LogP contribution in [0.4, 0.5) is 0 Å². The van der Waals surface area contributed by atoms with E-state index in [0.717, 1.165) is 5.56 Å². The summed E-state index contributed by atoms with van der Waals surface area (Å²) in [4.78, 5) is 23.8. The summed E-state index contributed by atoms with van der Waals surface area (Å²) < 4.78 is 4.93. The first-order valence-electron chi connectivity index (χ1n) is 6.48. The number of carbonyl (C=O) groups excluding carboxylic acids is 2. The maximum atomic E-state index is 12.2. The first-order chi connectivity index (χ1) is 9.19. The molecule has 1 rings (SSSR count). The number of hydrogen-bond acceptors (Lipinski definition) is 3. The number of halogens is 1. The Morgan fingerprint density at radius 2 is 1.95 bits per heavy atom. The number of Topliss-reactive ketones (excluding diaryl/α,β-unsaturated/α-hetero) is 1. The molecule has 0 bridgehead atoms. The minimum Gasteiger partial charge on any atom is -0.466 e. The molecule has 0 heterocycles. The zero-order chi connectivity index (χ0) is 14.1. The second-order valence-electron chi connectivity index (χ2n) is 4.23. The third-order valence-corrected chi connectivity index (χ3v) is 3.09. The van der Waals surface area contributed by atoms with Gasteiger partial charge in [0.2, 0.25) is 0 Å². The molecule has 0 amide bonds. The van der Waals surface area contributed by atoms with Gasteiger partial charge in [-0.3, -0.25) is 9.59 Å². The van der Waals surface area contributed by atoms with Gasteiger partial charge in [-0.1, -0.05) is 30.3 Å². The maximum absolute atomic E-state index is 12.2. The average Bonchev–Trinajstić information content (AvgIpc) is 2.43. The molecule has 19 heavy (non-hydrogen) atoms. The lowest BCUT2D eigenvalue weighted by atomic mass is 9.89. The highest BCUT2D eigenvalue weighted by molar-refractivity contribution is 6.18. The molecule has 1 aromatic rings. The minimum absolute atomic E-state index is 0.0416. The van der Waals surface area contributed by atoms with Crippen molar-refractivity contribution in [1.82, 2.24) is 0 Å². The van der Waals surface area contributed by atoms with Crippen molar-refractivity contribution in [2.75, 3.05) is 12.5 Å². The largest absolute Gasteiger partial charge is 0.466 e. The molecule has 0 aromatic heterocycles. The van der Waals surface area contributed by atoms with Crippen LogP contribution in [0.1, 0.15) is 37.7 Å². The fraction of sp³-hybridized carbons (Fsp3) is 0.467. The molecule has 0 radical (unpaired) electrons. The summed E-state index contributed by atoms with van der Waals surface area (Å²) in [5, 5.41) is 0. The van der Waals surface area contributed by atoms with Gasteiger partial charge in [0.25, 0.3) is 0 Å².